The first-order chi connectivity index (χ1) is 15.6. The number of benzene rings is 1. The van der Waals surface area contributed by atoms with Crippen LogP contribution in [0, 0.1) is 11.3 Å². The van der Waals surface area contributed by atoms with Crippen molar-refractivity contribution in [2.45, 2.75) is 65.0 Å². The van der Waals surface area contributed by atoms with Crippen molar-refractivity contribution < 1.29 is 9.53 Å². The van der Waals surface area contributed by atoms with E-state index in [1.807, 2.05) is 44.9 Å². The van der Waals surface area contributed by atoms with E-state index in [-0.39, 0.29) is 17.8 Å². The molecular weight excluding hydrogens is 416 g/mol. The summed E-state index contributed by atoms with van der Waals surface area (Å²) in [5.41, 5.74) is 1.80. The zero-order valence-electron chi connectivity index (χ0n) is 20.4. The molecule has 1 N–H and O–H groups in total. The number of hydrogen-bond donors (Lipinski definition) is 1. The predicted octanol–water partition coefficient (Wildman–Crippen LogP) is 5.05. The van der Waals surface area contributed by atoms with Crippen LogP contribution in [0.15, 0.2) is 30.5 Å². The number of hydrogen-bond acceptors (Lipinski definition) is 7. The number of amides is 1. The number of anilines is 3. The maximum absolute atomic E-state index is 12.5. The zero-order chi connectivity index (χ0) is 24.2. The van der Waals surface area contributed by atoms with E-state index >= 15 is 0 Å². The number of ether oxygens (including phenoxy) is 1. The minimum Gasteiger partial charge on any atom is -0.444 e. The van der Waals surface area contributed by atoms with Crippen LogP contribution in [0.4, 0.5) is 22.1 Å². The molecule has 1 aliphatic rings. The van der Waals surface area contributed by atoms with E-state index in [9.17, 15) is 10.1 Å². The summed E-state index contributed by atoms with van der Waals surface area (Å²) in [5.74, 6) is 1.51. The van der Waals surface area contributed by atoms with E-state index in [4.69, 9.17) is 9.72 Å². The van der Waals surface area contributed by atoms with Crippen LogP contribution in [0.5, 0.6) is 0 Å². The highest BCUT2D eigenvalue weighted by Gasteiger charge is 2.30. The summed E-state index contributed by atoms with van der Waals surface area (Å²) >= 11 is 0. The highest BCUT2D eigenvalue weighted by atomic mass is 16.6. The number of nitrogens with one attached hydrogen (secondary N) is 1. The van der Waals surface area contributed by atoms with Gasteiger partial charge in [-0.1, -0.05) is 26.0 Å². The zero-order valence-corrected chi connectivity index (χ0v) is 20.4. The molecule has 3 rings (SSSR count). The van der Waals surface area contributed by atoms with Gasteiger partial charge in [-0.25, -0.2) is 14.8 Å². The van der Waals surface area contributed by atoms with E-state index < -0.39 is 5.60 Å². The Morgan fingerprint density at radius 1 is 1.30 bits per heavy atom. The molecule has 1 unspecified atom stereocenters. The van der Waals surface area contributed by atoms with Crippen LogP contribution in [-0.4, -0.2) is 52.7 Å². The van der Waals surface area contributed by atoms with Gasteiger partial charge in [0.25, 0.3) is 0 Å². The molecule has 1 aromatic heterocycles. The normalized spacial score (nSPS) is 16.3. The largest absolute Gasteiger partial charge is 0.444 e. The minimum absolute atomic E-state index is 0.0756. The fourth-order valence-corrected chi connectivity index (χ4v) is 3.76. The van der Waals surface area contributed by atoms with E-state index in [1.165, 1.54) is 5.56 Å². The van der Waals surface area contributed by atoms with Crippen molar-refractivity contribution in [2.75, 3.05) is 30.4 Å². The van der Waals surface area contributed by atoms with Crippen LogP contribution in [0.2, 0.25) is 0 Å². The molecule has 2 aromatic rings. The summed E-state index contributed by atoms with van der Waals surface area (Å²) in [7, 11) is 1.94. The van der Waals surface area contributed by atoms with Crippen molar-refractivity contribution in [3.05, 3.63) is 41.7 Å². The summed E-state index contributed by atoms with van der Waals surface area (Å²) in [6, 6.07) is 10.3. The molecule has 33 heavy (non-hydrogen) atoms. The van der Waals surface area contributed by atoms with Crippen LogP contribution in [0.25, 0.3) is 0 Å². The van der Waals surface area contributed by atoms with E-state index in [0.717, 1.165) is 18.5 Å². The number of carbonyl (C=O) groups excluding carboxylic acids is 1. The quantitative estimate of drug-likeness (QED) is 0.681. The molecule has 2 heterocycles. The molecule has 1 saturated heterocycles. The SMILES string of the molecule is CC(C)c1ccc(Nc2nc(N(C)C3CCCN(C(=O)OC(C)(C)C)C3)cnc2C#N)cc1. The molecule has 1 aliphatic heterocycles. The van der Waals surface area contributed by atoms with E-state index in [1.54, 1.807) is 11.1 Å². The van der Waals surface area contributed by atoms with Crippen LogP contribution < -0.4 is 10.2 Å². The molecule has 0 aliphatic carbocycles. The number of rotatable bonds is 5. The van der Waals surface area contributed by atoms with E-state index in [0.29, 0.717) is 30.6 Å². The predicted molar refractivity (Wildman–Crippen MR) is 130 cm³/mol. The summed E-state index contributed by atoms with van der Waals surface area (Å²) in [5, 5.41) is 12.7. The Bertz CT molecular complexity index is 1010. The second kappa shape index (κ2) is 10.1. The molecule has 0 bridgehead atoms. The molecule has 8 heteroatoms. The highest BCUT2D eigenvalue weighted by molar-refractivity contribution is 5.68. The summed E-state index contributed by atoms with van der Waals surface area (Å²) in [6.45, 7) is 11.1. The maximum atomic E-state index is 12.5. The molecule has 1 fully saturated rings. The van der Waals surface area contributed by atoms with Crippen molar-refractivity contribution in [2.24, 2.45) is 0 Å². The van der Waals surface area contributed by atoms with Crippen LogP contribution in [-0.2, 0) is 4.74 Å². The van der Waals surface area contributed by atoms with Crippen molar-refractivity contribution in [1.82, 2.24) is 14.9 Å². The van der Waals surface area contributed by atoms with Crippen LogP contribution in [0.1, 0.15) is 64.6 Å². The van der Waals surface area contributed by atoms with Gasteiger partial charge in [-0.2, -0.15) is 5.26 Å². The maximum Gasteiger partial charge on any atom is 0.410 e. The molecule has 1 atom stereocenters. The average Bonchev–Trinajstić information content (AvgIpc) is 2.78. The van der Waals surface area contributed by atoms with Gasteiger partial charge in [-0.15, -0.1) is 0 Å². The third kappa shape index (κ3) is 6.35. The average molecular weight is 451 g/mol. The number of likely N-dealkylation sites (N-methyl/N-ethyl adjacent to an activating group) is 1. The number of aromatic nitrogens is 2. The molecular formula is C25H34N6O2. The molecule has 0 spiro atoms. The first kappa shape index (κ1) is 24.3. The number of piperidine rings is 1. The lowest BCUT2D eigenvalue weighted by Gasteiger charge is -2.38. The minimum atomic E-state index is -0.525. The summed E-state index contributed by atoms with van der Waals surface area (Å²) in [6.07, 6.45) is 3.12. The lowest BCUT2D eigenvalue weighted by atomic mass is 10.0. The Hall–Kier alpha value is -3.34. The van der Waals surface area contributed by atoms with Gasteiger partial charge in [-0.3, -0.25) is 0 Å². The van der Waals surface area contributed by atoms with Crippen molar-refractivity contribution in [3.8, 4) is 6.07 Å². The van der Waals surface area contributed by atoms with Crippen LogP contribution in [0.3, 0.4) is 0 Å². The van der Waals surface area contributed by atoms with Gasteiger partial charge in [0.2, 0.25) is 0 Å². The fraction of sp³-hybridized carbons (Fsp3) is 0.520. The second-order valence-electron chi connectivity index (χ2n) is 9.77. The molecule has 1 aromatic carbocycles. The molecule has 0 radical (unpaired) electrons. The van der Waals surface area contributed by atoms with Gasteiger partial charge in [0.15, 0.2) is 11.5 Å². The number of likely N-dealkylation sites (tertiary alicyclic amines) is 1. The third-order valence-electron chi connectivity index (χ3n) is 5.66. The topological polar surface area (TPSA) is 94.4 Å². The Morgan fingerprint density at radius 3 is 2.61 bits per heavy atom. The Balaban J connectivity index is 1.76. The Labute approximate surface area is 196 Å². The van der Waals surface area contributed by atoms with Crippen molar-refractivity contribution in [1.29, 1.82) is 5.26 Å². The molecule has 0 saturated carbocycles. The monoisotopic (exact) mass is 450 g/mol. The van der Waals surface area contributed by atoms with Crippen LogP contribution >= 0.6 is 0 Å². The number of nitriles is 1. The van der Waals surface area contributed by atoms with Gasteiger partial charge in [-0.05, 0) is 57.2 Å². The van der Waals surface area contributed by atoms with Crippen molar-refractivity contribution >= 4 is 23.4 Å². The van der Waals surface area contributed by atoms with Gasteiger partial charge in [0.1, 0.15) is 17.5 Å². The van der Waals surface area contributed by atoms with E-state index in [2.05, 4.69) is 42.4 Å². The van der Waals surface area contributed by atoms with Gasteiger partial charge in [0.05, 0.1) is 6.20 Å². The Kier molecular flexibility index (Phi) is 7.42. The first-order valence-corrected chi connectivity index (χ1v) is 11.4. The lowest BCUT2D eigenvalue weighted by molar-refractivity contribution is 0.0199. The second-order valence-corrected chi connectivity index (χ2v) is 9.77. The number of carbonyl (C=O) groups is 1. The molecule has 176 valence electrons. The third-order valence-corrected chi connectivity index (χ3v) is 5.66. The first-order valence-electron chi connectivity index (χ1n) is 11.4. The smallest absolute Gasteiger partial charge is 0.410 e. The lowest BCUT2D eigenvalue weighted by Crippen LogP contribution is -2.50. The fourth-order valence-electron chi connectivity index (χ4n) is 3.76. The summed E-state index contributed by atoms with van der Waals surface area (Å²) < 4.78 is 5.54. The van der Waals surface area contributed by atoms with Gasteiger partial charge < -0.3 is 19.9 Å². The van der Waals surface area contributed by atoms with Gasteiger partial charge in [0, 0.05) is 31.9 Å². The molecule has 1 amide bonds. The highest BCUT2D eigenvalue weighted by Crippen LogP contribution is 2.25. The standard InChI is InChI=1S/C25H34N6O2/c1-17(2)18-9-11-19(12-10-18)28-23-21(14-26)27-15-22(29-23)30(6)20-8-7-13-31(16-20)24(32)33-25(3,4)5/h9-12,15,17,20H,7-8,13,16H2,1-6H3,(H,28,29). The van der Waals surface area contributed by atoms with Gasteiger partial charge >= 0.3 is 6.09 Å². The Morgan fingerprint density at radius 2 is 2.00 bits per heavy atom. The summed E-state index contributed by atoms with van der Waals surface area (Å²) in [4.78, 5) is 25.3. The van der Waals surface area contributed by atoms with Crippen molar-refractivity contribution in [3.63, 3.8) is 0 Å². The number of nitrogens with zero attached hydrogens (tertiary/aromatic N) is 5. The molecule has 8 nitrogen and oxygen atoms in total.